The van der Waals surface area contributed by atoms with Crippen molar-refractivity contribution in [2.24, 2.45) is 5.92 Å². The molecule has 0 saturated heterocycles. The van der Waals surface area contributed by atoms with Crippen LogP contribution in [-0.4, -0.2) is 12.5 Å². The number of carbonyl (C=O) groups excluding carboxylic acids is 1. The fourth-order valence-electron chi connectivity index (χ4n) is 3.79. The third-order valence-corrected chi connectivity index (χ3v) is 5.83. The standard InChI is InChI=1S/C23H22Cl2NO2/c24-18-12-21(25)20-11-17(14-28-22(20)13-18)23(27)26-19-8-6-16(7-9-19)10-15-4-2-1-3-5-15/h6-13,15H,1-5,14H2,(H,26,27). The highest BCUT2D eigenvalue weighted by Gasteiger charge is 2.20. The van der Waals surface area contributed by atoms with Crippen LogP contribution in [0.5, 0.6) is 5.75 Å². The second kappa shape index (κ2) is 8.59. The molecule has 1 heterocycles. The second-order valence-electron chi connectivity index (χ2n) is 7.40. The van der Waals surface area contributed by atoms with Crippen molar-refractivity contribution < 1.29 is 9.53 Å². The first kappa shape index (κ1) is 19.4. The highest BCUT2D eigenvalue weighted by atomic mass is 35.5. The molecule has 0 spiro atoms. The summed E-state index contributed by atoms with van der Waals surface area (Å²) in [5, 5.41) is 3.91. The van der Waals surface area contributed by atoms with Crippen LogP contribution < -0.4 is 10.1 Å². The van der Waals surface area contributed by atoms with Gasteiger partial charge in [-0.15, -0.1) is 0 Å². The molecule has 1 amide bonds. The van der Waals surface area contributed by atoms with Gasteiger partial charge in [-0.05, 0) is 61.1 Å². The Kier molecular flexibility index (Phi) is 5.93. The minimum absolute atomic E-state index is 0.184. The molecule has 1 radical (unpaired) electrons. The van der Waals surface area contributed by atoms with Crippen molar-refractivity contribution in [1.29, 1.82) is 0 Å². The van der Waals surface area contributed by atoms with Gasteiger partial charge in [-0.1, -0.05) is 54.6 Å². The molecule has 0 unspecified atom stereocenters. The van der Waals surface area contributed by atoms with Gasteiger partial charge in [-0.3, -0.25) is 4.79 Å². The number of hydrogen-bond donors (Lipinski definition) is 1. The summed E-state index contributed by atoms with van der Waals surface area (Å²) in [4.78, 5) is 12.6. The van der Waals surface area contributed by atoms with Crippen molar-refractivity contribution in [1.82, 2.24) is 0 Å². The molecule has 5 heteroatoms. The maximum Gasteiger partial charge on any atom is 0.255 e. The van der Waals surface area contributed by atoms with Gasteiger partial charge in [0.05, 0.1) is 10.6 Å². The molecule has 1 aliphatic heterocycles. The largest absolute Gasteiger partial charge is 0.488 e. The van der Waals surface area contributed by atoms with Gasteiger partial charge in [-0.25, -0.2) is 0 Å². The summed E-state index contributed by atoms with van der Waals surface area (Å²) in [6.45, 7) is 0.184. The van der Waals surface area contributed by atoms with E-state index in [2.05, 4.69) is 23.9 Å². The van der Waals surface area contributed by atoms with Crippen molar-refractivity contribution in [2.45, 2.75) is 32.1 Å². The van der Waals surface area contributed by atoms with Crippen molar-refractivity contribution in [2.75, 3.05) is 11.9 Å². The first-order valence-electron chi connectivity index (χ1n) is 9.67. The van der Waals surface area contributed by atoms with Gasteiger partial charge in [0.2, 0.25) is 0 Å². The number of carbonyl (C=O) groups is 1. The van der Waals surface area contributed by atoms with Gasteiger partial charge >= 0.3 is 0 Å². The molecular formula is C23H22Cl2NO2. The number of halogens is 2. The molecule has 2 aromatic rings. The molecule has 1 aliphatic carbocycles. The Morgan fingerprint density at radius 1 is 1.07 bits per heavy atom. The zero-order valence-corrected chi connectivity index (χ0v) is 17.0. The maximum absolute atomic E-state index is 12.6. The average Bonchev–Trinajstić information content (AvgIpc) is 2.70. The molecular weight excluding hydrogens is 393 g/mol. The van der Waals surface area contributed by atoms with Gasteiger partial charge in [0.1, 0.15) is 12.4 Å². The van der Waals surface area contributed by atoms with Crippen LogP contribution in [0.2, 0.25) is 10.0 Å². The highest BCUT2D eigenvalue weighted by molar-refractivity contribution is 6.36. The van der Waals surface area contributed by atoms with Crippen LogP contribution >= 0.6 is 23.2 Å². The fourth-order valence-corrected chi connectivity index (χ4v) is 4.31. The lowest BCUT2D eigenvalue weighted by molar-refractivity contribution is -0.113. The molecule has 0 aromatic heterocycles. The van der Waals surface area contributed by atoms with Crippen LogP contribution in [0, 0.1) is 12.3 Å². The van der Waals surface area contributed by atoms with E-state index in [-0.39, 0.29) is 12.5 Å². The average molecular weight is 415 g/mol. The van der Waals surface area contributed by atoms with E-state index in [9.17, 15) is 4.79 Å². The van der Waals surface area contributed by atoms with Crippen LogP contribution in [0.1, 0.15) is 43.2 Å². The topological polar surface area (TPSA) is 38.3 Å². The molecule has 4 rings (SSSR count). The van der Waals surface area contributed by atoms with Gasteiger partial charge in [0, 0.05) is 16.3 Å². The third-order valence-electron chi connectivity index (χ3n) is 5.30. The summed E-state index contributed by atoms with van der Waals surface area (Å²) in [6, 6.07) is 11.4. The molecule has 3 nitrogen and oxygen atoms in total. The van der Waals surface area contributed by atoms with Crippen molar-refractivity contribution >= 4 is 40.9 Å². The number of benzene rings is 2. The Bertz CT molecular complexity index is 900. The van der Waals surface area contributed by atoms with Gasteiger partial charge in [0.25, 0.3) is 5.91 Å². The molecule has 0 bridgehead atoms. The van der Waals surface area contributed by atoms with Crippen molar-refractivity contribution in [3.05, 3.63) is 69.6 Å². The predicted molar refractivity (Wildman–Crippen MR) is 115 cm³/mol. The van der Waals surface area contributed by atoms with Crippen molar-refractivity contribution in [3.63, 3.8) is 0 Å². The second-order valence-corrected chi connectivity index (χ2v) is 8.24. The number of hydrogen-bond acceptors (Lipinski definition) is 2. The Hall–Kier alpha value is -1.97. The van der Waals surface area contributed by atoms with Gasteiger partial charge in [0.15, 0.2) is 0 Å². The summed E-state index contributed by atoms with van der Waals surface area (Å²) in [7, 11) is 0. The number of ether oxygens (including phenoxy) is 1. The molecule has 2 aliphatic rings. The summed E-state index contributed by atoms with van der Waals surface area (Å²) in [6.07, 6.45) is 10.7. The van der Waals surface area contributed by atoms with E-state index in [1.54, 1.807) is 18.2 Å². The van der Waals surface area contributed by atoms with E-state index in [4.69, 9.17) is 27.9 Å². The summed E-state index contributed by atoms with van der Waals surface area (Å²) < 4.78 is 5.66. The molecule has 2 aromatic carbocycles. The zero-order chi connectivity index (χ0) is 19.5. The monoisotopic (exact) mass is 414 g/mol. The smallest absolute Gasteiger partial charge is 0.255 e. The van der Waals surface area contributed by atoms with Crippen LogP contribution in [0.4, 0.5) is 5.69 Å². The first-order chi connectivity index (χ1) is 13.6. The summed E-state index contributed by atoms with van der Waals surface area (Å²) in [5.74, 6) is 1.08. The van der Waals surface area contributed by atoms with Crippen LogP contribution in [0.15, 0.2) is 42.0 Å². The zero-order valence-electron chi connectivity index (χ0n) is 15.5. The number of amides is 1. The Balaban J connectivity index is 1.41. The SMILES string of the molecule is O=C(Nc1ccc([CH]C2CCCCC2)cc1)C1=Cc2c(Cl)cc(Cl)cc2OC1. The van der Waals surface area contributed by atoms with Crippen LogP contribution in [-0.2, 0) is 4.79 Å². The third kappa shape index (κ3) is 4.53. The summed E-state index contributed by atoms with van der Waals surface area (Å²) >= 11 is 12.2. The molecule has 0 atom stereocenters. The number of rotatable bonds is 4. The number of anilines is 1. The Morgan fingerprint density at radius 2 is 1.82 bits per heavy atom. The fraction of sp³-hybridized carbons (Fsp3) is 0.304. The molecule has 28 heavy (non-hydrogen) atoms. The summed E-state index contributed by atoms with van der Waals surface area (Å²) in [5.41, 5.74) is 3.18. The van der Waals surface area contributed by atoms with E-state index < -0.39 is 0 Å². The first-order valence-corrected chi connectivity index (χ1v) is 10.4. The Labute approximate surface area is 175 Å². The van der Waals surface area contributed by atoms with E-state index in [0.29, 0.717) is 32.8 Å². The van der Waals surface area contributed by atoms with Crippen LogP contribution in [0.25, 0.3) is 6.08 Å². The van der Waals surface area contributed by atoms with E-state index in [1.165, 1.54) is 37.7 Å². The van der Waals surface area contributed by atoms with Gasteiger partial charge in [-0.2, -0.15) is 0 Å². The molecule has 1 saturated carbocycles. The normalized spacial score (nSPS) is 16.7. The Morgan fingerprint density at radius 3 is 2.57 bits per heavy atom. The lowest BCUT2D eigenvalue weighted by Gasteiger charge is -2.21. The lowest BCUT2D eigenvalue weighted by atomic mass is 9.85. The minimum Gasteiger partial charge on any atom is -0.488 e. The maximum atomic E-state index is 12.6. The number of fused-ring (bicyclic) bond motifs is 1. The van der Waals surface area contributed by atoms with Crippen molar-refractivity contribution in [3.8, 4) is 5.75 Å². The van der Waals surface area contributed by atoms with E-state index in [0.717, 1.165) is 5.69 Å². The highest BCUT2D eigenvalue weighted by Crippen LogP contribution is 2.35. The van der Waals surface area contributed by atoms with Gasteiger partial charge < -0.3 is 10.1 Å². The van der Waals surface area contributed by atoms with E-state index >= 15 is 0 Å². The molecule has 1 N–H and O–H groups in total. The minimum atomic E-state index is -0.194. The van der Waals surface area contributed by atoms with E-state index in [1.807, 2.05) is 12.1 Å². The molecule has 145 valence electrons. The molecule has 1 fully saturated rings. The quantitative estimate of drug-likeness (QED) is 0.616. The number of nitrogens with one attached hydrogen (secondary N) is 1. The predicted octanol–water partition coefficient (Wildman–Crippen LogP) is 6.54. The lowest BCUT2D eigenvalue weighted by Crippen LogP contribution is -2.21. The van der Waals surface area contributed by atoms with Crippen LogP contribution in [0.3, 0.4) is 0 Å².